The maximum Gasteiger partial charge on any atom is -0.0326 e. The van der Waals surface area contributed by atoms with Crippen LogP contribution in [0.2, 0.25) is 0 Å². The Labute approximate surface area is 207 Å². The van der Waals surface area contributed by atoms with E-state index in [9.17, 15) is 0 Å². The van der Waals surface area contributed by atoms with Crippen LogP contribution in [0.5, 0.6) is 0 Å². The molecular weight excluding hydrogens is 468 g/mol. The highest BCUT2D eigenvalue weighted by molar-refractivity contribution is 8.93. The van der Waals surface area contributed by atoms with Crippen molar-refractivity contribution in [1.82, 2.24) is 6.15 Å². The third-order valence-electron chi connectivity index (χ3n) is 5.48. The van der Waals surface area contributed by atoms with E-state index in [0.717, 1.165) is 0 Å². The van der Waals surface area contributed by atoms with Crippen LogP contribution in [0.3, 0.4) is 0 Å². The van der Waals surface area contributed by atoms with Gasteiger partial charge < -0.3 is 6.15 Å². The molecule has 0 saturated heterocycles. The third kappa shape index (κ3) is 36.7. The summed E-state index contributed by atoms with van der Waals surface area (Å²) in [5.74, 6) is 0. The zero-order valence-electron chi connectivity index (χ0n) is 21.7. The monoisotopic (exact) mass is 529 g/mol. The van der Waals surface area contributed by atoms with Crippen molar-refractivity contribution >= 4 is 34.1 Å². The zero-order valence-corrected chi connectivity index (χ0v) is 25.5. The smallest absolute Gasteiger partial charge is 0.0326 e. The van der Waals surface area contributed by atoms with Gasteiger partial charge in [0, 0.05) is 0 Å². The SMILES string of the molecule is Br.CCCCCCCCP(CCCCCCCC)CCCCCCCC.CCP.N. The fraction of sp³-hybridized carbons (Fsp3) is 1.00. The van der Waals surface area contributed by atoms with Gasteiger partial charge in [0.2, 0.25) is 0 Å². The fourth-order valence-corrected chi connectivity index (χ4v) is 6.37. The molecule has 0 aromatic heterocycles. The van der Waals surface area contributed by atoms with Gasteiger partial charge in [-0.3, -0.25) is 0 Å². The van der Waals surface area contributed by atoms with Crippen molar-refractivity contribution < 1.29 is 0 Å². The second kappa shape index (κ2) is 37.6. The van der Waals surface area contributed by atoms with Crippen LogP contribution in [0, 0.1) is 0 Å². The normalized spacial score (nSPS) is 10.2. The zero-order chi connectivity index (χ0) is 21.1. The third-order valence-corrected chi connectivity index (χ3v) is 8.33. The number of hydrogen-bond donors (Lipinski definition) is 1. The molecule has 0 heterocycles. The van der Waals surface area contributed by atoms with Crippen molar-refractivity contribution in [2.24, 2.45) is 0 Å². The Morgan fingerprint density at radius 2 is 0.633 bits per heavy atom. The molecule has 0 saturated carbocycles. The summed E-state index contributed by atoms with van der Waals surface area (Å²) in [7, 11) is 2.94. The summed E-state index contributed by atoms with van der Waals surface area (Å²) in [6.45, 7) is 9.05. The molecule has 188 valence electrons. The quantitative estimate of drug-likeness (QED) is 0.116. The van der Waals surface area contributed by atoms with Crippen LogP contribution in [-0.4, -0.2) is 24.6 Å². The molecule has 0 fully saturated rings. The highest BCUT2D eigenvalue weighted by atomic mass is 79.9. The summed E-state index contributed by atoms with van der Waals surface area (Å²) in [6.07, 6.45) is 32.4. The maximum absolute atomic E-state index is 2.58. The summed E-state index contributed by atoms with van der Waals surface area (Å²) in [5.41, 5.74) is 0. The molecule has 0 aliphatic heterocycles. The standard InChI is InChI=1S/C24H51P.C2H7P.BrH.H3N/c1-4-7-10-13-16-19-22-25(23-20-17-14-11-8-5-2)24-21-18-15-12-9-6-3;1-2-3;;/h4-24H2,1-3H3;2-3H2,1H3;1H;1H3. The van der Waals surface area contributed by atoms with E-state index >= 15 is 0 Å². The minimum Gasteiger partial charge on any atom is -0.344 e. The molecule has 0 bridgehead atoms. The van der Waals surface area contributed by atoms with Gasteiger partial charge in [0.15, 0.2) is 0 Å². The van der Waals surface area contributed by atoms with Crippen LogP contribution < -0.4 is 6.15 Å². The van der Waals surface area contributed by atoms with Gasteiger partial charge in [-0.25, -0.2) is 0 Å². The molecule has 0 rings (SSSR count). The van der Waals surface area contributed by atoms with E-state index in [1.54, 1.807) is 18.5 Å². The van der Waals surface area contributed by atoms with E-state index in [1.165, 1.54) is 122 Å². The summed E-state index contributed by atoms with van der Waals surface area (Å²) < 4.78 is 0. The van der Waals surface area contributed by atoms with Crippen molar-refractivity contribution in [2.45, 2.75) is 143 Å². The van der Waals surface area contributed by atoms with Gasteiger partial charge in [-0.2, -0.15) is 0 Å². The Balaban J connectivity index is -0.000000634. The Morgan fingerprint density at radius 1 is 0.433 bits per heavy atom. The predicted molar refractivity (Wildman–Crippen MR) is 157 cm³/mol. The Hall–Kier alpha value is 1.30. The van der Waals surface area contributed by atoms with E-state index in [-0.39, 0.29) is 23.1 Å². The van der Waals surface area contributed by atoms with Gasteiger partial charge in [-0.05, 0) is 43.9 Å². The van der Waals surface area contributed by atoms with Gasteiger partial charge in [0.25, 0.3) is 0 Å². The van der Waals surface area contributed by atoms with Gasteiger partial charge in [-0.1, -0.05) is 124 Å². The first-order valence-electron chi connectivity index (χ1n) is 13.2. The first kappa shape index (κ1) is 38.6. The molecule has 1 nitrogen and oxygen atoms in total. The maximum atomic E-state index is 2.58. The highest BCUT2D eigenvalue weighted by Crippen LogP contribution is 2.39. The minimum absolute atomic E-state index is 0. The fourth-order valence-electron chi connectivity index (χ4n) is 3.68. The molecule has 1 unspecified atom stereocenters. The molecule has 0 aliphatic carbocycles. The Bertz CT molecular complexity index is 217. The second-order valence-electron chi connectivity index (χ2n) is 8.55. The number of rotatable bonds is 21. The minimum atomic E-state index is 0. The molecule has 3 N–H and O–H groups in total. The summed E-state index contributed by atoms with van der Waals surface area (Å²) in [6, 6.07) is 0. The van der Waals surface area contributed by atoms with Crippen LogP contribution in [0.4, 0.5) is 0 Å². The van der Waals surface area contributed by atoms with E-state index in [2.05, 4.69) is 36.9 Å². The highest BCUT2D eigenvalue weighted by Gasteiger charge is 2.07. The predicted octanol–water partition coefficient (Wildman–Crippen LogP) is 11.2. The van der Waals surface area contributed by atoms with Gasteiger partial charge >= 0.3 is 0 Å². The van der Waals surface area contributed by atoms with Crippen molar-refractivity contribution in [3.05, 3.63) is 0 Å². The molecule has 1 atom stereocenters. The number of halogens is 1. The van der Waals surface area contributed by atoms with Crippen LogP contribution >= 0.6 is 34.1 Å². The van der Waals surface area contributed by atoms with Gasteiger partial charge in [0.05, 0.1) is 0 Å². The molecule has 0 spiro atoms. The van der Waals surface area contributed by atoms with E-state index in [0.29, 0.717) is 7.92 Å². The lowest BCUT2D eigenvalue weighted by Crippen LogP contribution is -1.97. The molecule has 0 radical (unpaired) electrons. The number of hydrogen-bond acceptors (Lipinski definition) is 1. The van der Waals surface area contributed by atoms with Gasteiger partial charge in [-0.15, -0.1) is 34.1 Å². The van der Waals surface area contributed by atoms with Crippen LogP contribution in [0.1, 0.15) is 143 Å². The Morgan fingerprint density at radius 3 is 0.867 bits per heavy atom. The van der Waals surface area contributed by atoms with Crippen molar-refractivity contribution in [2.75, 3.05) is 24.6 Å². The first-order valence-corrected chi connectivity index (χ1v) is 15.9. The lowest BCUT2D eigenvalue weighted by molar-refractivity contribution is 0.617. The van der Waals surface area contributed by atoms with Crippen molar-refractivity contribution in [3.63, 3.8) is 0 Å². The van der Waals surface area contributed by atoms with E-state index < -0.39 is 0 Å². The lowest BCUT2D eigenvalue weighted by atomic mass is 10.1. The largest absolute Gasteiger partial charge is 0.344 e. The molecule has 0 aromatic rings. The summed E-state index contributed by atoms with van der Waals surface area (Å²) in [5, 5.41) is 0. The number of unbranched alkanes of at least 4 members (excludes halogenated alkanes) is 15. The molecule has 30 heavy (non-hydrogen) atoms. The molecular formula is C26H62BrNP2. The summed E-state index contributed by atoms with van der Waals surface area (Å²) in [4.78, 5) is 0. The topological polar surface area (TPSA) is 35.0 Å². The van der Waals surface area contributed by atoms with E-state index in [4.69, 9.17) is 0 Å². The average molecular weight is 531 g/mol. The van der Waals surface area contributed by atoms with Gasteiger partial charge in [0.1, 0.15) is 0 Å². The summed E-state index contributed by atoms with van der Waals surface area (Å²) >= 11 is 0. The molecule has 0 aromatic carbocycles. The Kier molecular flexibility index (Phi) is 48.3. The van der Waals surface area contributed by atoms with Crippen molar-refractivity contribution in [3.8, 4) is 0 Å². The second-order valence-corrected chi connectivity index (χ2v) is 12.1. The molecule has 0 amide bonds. The average Bonchev–Trinajstić information content (AvgIpc) is 2.69. The van der Waals surface area contributed by atoms with E-state index in [1.807, 2.05) is 0 Å². The lowest BCUT2D eigenvalue weighted by Gasteiger charge is -2.18. The van der Waals surface area contributed by atoms with Crippen LogP contribution in [0.25, 0.3) is 0 Å². The van der Waals surface area contributed by atoms with Crippen LogP contribution in [0.15, 0.2) is 0 Å². The molecule has 4 heteroatoms. The van der Waals surface area contributed by atoms with Crippen molar-refractivity contribution in [1.29, 1.82) is 0 Å². The first-order chi connectivity index (χ1) is 13.8. The van der Waals surface area contributed by atoms with Crippen LogP contribution in [-0.2, 0) is 0 Å². The molecule has 0 aliphatic rings.